The Labute approximate surface area is 187 Å². The number of rotatable bonds is 5. The average Bonchev–Trinajstić information content (AvgIpc) is 3.09. The van der Waals surface area contributed by atoms with Gasteiger partial charge in [-0.15, -0.1) is 10.2 Å². The van der Waals surface area contributed by atoms with Crippen molar-refractivity contribution in [2.45, 2.75) is 45.6 Å². The van der Waals surface area contributed by atoms with Gasteiger partial charge in [0.15, 0.2) is 6.61 Å². The van der Waals surface area contributed by atoms with Gasteiger partial charge in [0.25, 0.3) is 5.91 Å². The molecule has 1 fully saturated rings. The summed E-state index contributed by atoms with van der Waals surface area (Å²) >= 11 is 0. The number of ether oxygens (including phenoxy) is 1. The number of benzene rings is 1. The number of amides is 2. The van der Waals surface area contributed by atoms with E-state index >= 15 is 0 Å². The molecule has 9 heteroatoms. The Kier molecular flexibility index (Phi) is 6.72. The van der Waals surface area contributed by atoms with Crippen molar-refractivity contribution in [3.63, 3.8) is 0 Å². The third kappa shape index (κ3) is 4.92. The van der Waals surface area contributed by atoms with Crippen molar-refractivity contribution in [3.05, 3.63) is 41.7 Å². The SMILES string of the molecule is CC(C)C(=O)N1CCc2nnc(C3CCN(C(=O)COc4ccc(F)cc4)CC3)n2CC1. The van der Waals surface area contributed by atoms with E-state index in [9.17, 15) is 14.0 Å². The molecule has 1 aromatic carbocycles. The fraction of sp³-hybridized carbons (Fsp3) is 0.565. The number of piperidine rings is 1. The molecule has 2 aliphatic heterocycles. The van der Waals surface area contributed by atoms with Crippen molar-refractivity contribution >= 4 is 11.8 Å². The number of aromatic nitrogens is 3. The highest BCUT2D eigenvalue weighted by Crippen LogP contribution is 2.28. The highest BCUT2D eigenvalue weighted by molar-refractivity contribution is 5.78. The molecule has 0 bridgehead atoms. The van der Waals surface area contributed by atoms with Crippen molar-refractivity contribution < 1.29 is 18.7 Å². The number of carbonyl (C=O) groups is 2. The number of fused-ring (bicyclic) bond motifs is 1. The summed E-state index contributed by atoms with van der Waals surface area (Å²) in [6, 6.07) is 5.65. The van der Waals surface area contributed by atoms with Crippen molar-refractivity contribution in [1.29, 1.82) is 0 Å². The highest BCUT2D eigenvalue weighted by Gasteiger charge is 2.30. The van der Waals surface area contributed by atoms with Gasteiger partial charge in [0.05, 0.1) is 0 Å². The van der Waals surface area contributed by atoms with E-state index in [-0.39, 0.29) is 36.1 Å². The first-order valence-corrected chi connectivity index (χ1v) is 11.3. The third-order valence-corrected chi connectivity index (χ3v) is 6.25. The van der Waals surface area contributed by atoms with Gasteiger partial charge in [0.2, 0.25) is 5.91 Å². The molecule has 32 heavy (non-hydrogen) atoms. The van der Waals surface area contributed by atoms with Crippen LogP contribution in [0.3, 0.4) is 0 Å². The van der Waals surface area contributed by atoms with Crippen LogP contribution < -0.4 is 4.74 Å². The van der Waals surface area contributed by atoms with E-state index in [1.54, 1.807) is 0 Å². The highest BCUT2D eigenvalue weighted by atomic mass is 19.1. The normalized spacial score (nSPS) is 17.2. The molecule has 2 amide bonds. The van der Waals surface area contributed by atoms with Gasteiger partial charge in [-0.05, 0) is 37.1 Å². The van der Waals surface area contributed by atoms with E-state index in [2.05, 4.69) is 14.8 Å². The number of likely N-dealkylation sites (tertiary alicyclic amines) is 1. The summed E-state index contributed by atoms with van der Waals surface area (Å²) in [5.41, 5.74) is 0. The van der Waals surface area contributed by atoms with Crippen LogP contribution in [-0.2, 0) is 22.6 Å². The van der Waals surface area contributed by atoms with Gasteiger partial charge in [-0.25, -0.2) is 4.39 Å². The van der Waals surface area contributed by atoms with Gasteiger partial charge in [-0.1, -0.05) is 13.8 Å². The molecule has 1 saturated heterocycles. The zero-order valence-corrected chi connectivity index (χ0v) is 18.7. The summed E-state index contributed by atoms with van der Waals surface area (Å²) in [4.78, 5) is 28.6. The molecule has 0 unspecified atom stereocenters. The van der Waals surface area contributed by atoms with E-state index in [0.29, 0.717) is 44.9 Å². The number of carbonyl (C=O) groups excluding carboxylic acids is 2. The molecular weight excluding hydrogens is 413 g/mol. The molecule has 0 aliphatic carbocycles. The maximum absolute atomic E-state index is 13.0. The predicted octanol–water partition coefficient (Wildman–Crippen LogP) is 2.24. The van der Waals surface area contributed by atoms with Crippen LogP contribution in [0, 0.1) is 11.7 Å². The van der Waals surface area contributed by atoms with Crippen LogP contribution in [-0.4, -0.2) is 69.2 Å². The fourth-order valence-electron chi connectivity index (χ4n) is 4.39. The molecule has 3 heterocycles. The summed E-state index contributed by atoms with van der Waals surface area (Å²) in [6.45, 7) is 7.13. The minimum atomic E-state index is -0.337. The first kappa shape index (κ1) is 22.2. The van der Waals surface area contributed by atoms with Gasteiger partial charge in [0, 0.05) is 51.0 Å². The summed E-state index contributed by atoms with van der Waals surface area (Å²) < 4.78 is 20.7. The zero-order valence-electron chi connectivity index (χ0n) is 18.7. The minimum absolute atomic E-state index is 0.00748. The lowest BCUT2D eigenvalue weighted by molar-refractivity contribution is -0.135. The van der Waals surface area contributed by atoms with Gasteiger partial charge in [-0.3, -0.25) is 9.59 Å². The van der Waals surface area contributed by atoms with Gasteiger partial charge in [0.1, 0.15) is 23.2 Å². The van der Waals surface area contributed by atoms with Gasteiger partial charge >= 0.3 is 0 Å². The molecular formula is C23H30FN5O3. The second kappa shape index (κ2) is 9.67. The van der Waals surface area contributed by atoms with Crippen LogP contribution in [0.15, 0.2) is 24.3 Å². The van der Waals surface area contributed by atoms with Crippen LogP contribution in [0.25, 0.3) is 0 Å². The molecule has 0 N–H and O–H groups in total. The van der Waals surface area contributed by atoms with E-state index in [1.165, 1.54) is 24.3 Å². The summed E-state index contributed by atoms with van der Waals surface area (Å²) in [7, 11) is 0. The number of nitrogens with zero attached hydrogens (tertiary/aromatic N) is 5. The van der Waals surface area contributed by atoms with Crippen molar-refractivity contribution in [2.75, 3.05) is 32.8 Å². The Morgan fingerprint density at radius 1 is 1.03 bits per heavy atom. The molecule has 2 aliphatic rings. The molecule has 4 rings (SSSR count). The molecule has 0 saturated carbocycles. The van der Waals surface area contributed by atoms with E-state index in [4.69, 9.17) is 4.74 Å². The van der Waals surface area contributed by atoms with E-state index in [1.807, 2.05) is 23.6 Å². The zero-order chi connectivity index (χ0) is 22.7. The molecule has 0 atom stereocenters. The Hall–Kier alpha value is -2.97. The minimum Gasteiger partial charge on any atom is -0.484 e. The van der Waals surface area contributed by atoms with Crippen molar-refractivity contribution in [2.24, 2.45) is 5.92 Å². The van der Waals surface area contributed by atoms with Crippen LogP contribution >= 0.6 is 0 Å². The lowest BCUT2D eigenvalue weighted by Gasteiger charge is -2.31. The third-order valence-electron chi connectivity index (χ3n) is 6.25. The van der Waals surface area contributed by atoms with Crippen LogP contribution in [0.5, 0.6) is 5.75 Å². The number of hydrogen-bond donors (Lipinski definition) is 0. The maximum atomic E-state index is 13.0. The molecule has 2 aromatic rings. The average molecular weight is 444 g/mol. The maximum Gasteiger partial charge on any atom is 0.260 e. The second-order valence-electron chi connectivity index (χ2n) is 8.75. The Balaban J connectivity index is 1.31. The van der Waals surface area contributed by atoms with E-state index in [0.717, 1.165) is 24.5 Å². The Morgan fingerprint density at radius 2 is 1.75 bits per heavy atom. The number of hydrogen-bond acceptors (Lipinski definition) is 5. The topological polar surface area (TPSA) is 80.6 Å². The molecule has 172 valence electrons. The lowest BCUT2D eigenvalue weighted by atomic mass is 9.95. The van der Waals surface area contributed by atoms with Gasteiger partial charge < -0.3 is 19.1 Å². The van der Waals surface area contributed by atoms with Crippen LogP contribution in [0.2, 0.25) is 0 Å². The second-order valence-corrected chi connectivity index (χ2v) is 8.75. The lowest BCUT2D eigenvalue weighted by Crippen LogP contribution is -2.41. The standard InChI is InChI=1S/C23H30FN5O3/c1-16(2)23(31)28-12-9-20-25-26-22(29(20)14-13-28)17-7-10-27(11-8-17)21(30)15-32-19-5-3-18(24)4-6-19/h3-6,16-17H,7-15H2,1-2H3. The first-order valence-electron chi connectivity index (χ1n) is 11.3. The quantitative estimate of drug-likeness (QED) is 0.708. The summed E-state index contributed by atoms with van der Waals surface area (Å²) in [5.74, 6) is 2.38. The molecule has 0 radical (unpaired) electrons. The Morgan fingerprint density at radius 3 is 2.44 bits per heavy atom. The largest absolute Gasteiger partial charge is 0.484 e. The number of halogens is 1. The first-order chi connectivity index (χ1) is 15.4. The van der Waals surface area contributed by atoms with E-state index < -0.39 is 0 Å². The fourth-order valence-corrected chi connectivity index (χ4v) is 4.39. The molecule has 1 aromatic heterocycles. The van der Waals surface area contributed by atoms with Gasteiger partial charge in [-0.2, -0.15) is 0 Å². The molecule has 0 spiro atoms. The van der Waals surface area contributed by atoms with Crippen molar-refractivity contribution in [3.8, 4) is 5.75 Å². The van der Waals surface area contributed by atoms with Crippen molar-refractivity contribution in [1.82, 2.24) is 24.6 Å². The van der Waals surface area contributed by atoms with Crippen LogP contribution in [0.4, 0.5) is 4.39 Å². The Bertz CT molecular complexity index is 951. The summed E-state index contributed by atoms with van der Waals surface area (Å²) in [5, 5.41) is 8.87. The smallest absolute Gasteiger partial charge is 0.260 e. The molecule has 8 nitrogen and oxygen atoms in total. The monoisotopic (exact) mass is 443 g/mol. The summed E-state index contributed by atoms with van der Waals surface area (Å²) in [6.07, 6.45) is 2.34. The van der Waals surface area contributed by atoms with Crippen LogP contribution in [0.1, 0.15) is 44.3 Å². The predicted molar refractivity (Wildman–Crippen MR) is 116 cm³/mol.